The molecule has 0 radical (unpaired) electrons. The van der Waals surface area contributed by atoms with Crippen molar-refractivity contribution < 1.29 is 5.84 Å². The molecule has 4 nitrogen and oxygen atoms in total. The van der Waals surface area contributed by atoms with Crippen LogP contribution in [0.4, 0.5) is 0 Å². The van der Waals surface area contributed by atoms with Crippen molar-refractivity contribution in [2.75, 3.05) is 0 Å². The van der Waals surface area contributed by atoms with Crippen LogP contribution in [0.2, 0.25) is 0 Å². The lowest BCUT2D eigenvalue weighted by atomic mass is 11.5. The molecule has 0 saturated heterocycles. The molecule has 0 aromatic carbocycles. The van der Waals surface area contributed by atoms with E-state index in [0.717, 1.165) is 0 Å². The molecule has 0 aromatic heterocycles. The van der Waals surface area contributed by atoms with Crippen molar-refractivity contribution in [1.82, 2.24) is 5.43 Å². The molecule has 0 amide bonds. The highest BCUT2D eigenvalue weighted by atomic mass is 32.1. The summed E-state index contributed by atoms with van der Waals surface area (Å²) in [5, 5.41) is 0. The summed E-state index contributed by atoms with van der Waals surface area (Å²) in [6.45, 7) is 0. The van der Waals surface area contributed by atoms with Crippen LogP contribution in [0.1, 0.15) is 0 Å². The summed E-state index contributed by atoms with van der Waals surface area (Å²) in [4.78, 5) is 0. The van der Waals surface area contributed by atoms with Gasteiger partial charge in [0, 0.05) is 0 Å². The Kier molecular flexibility index (Phi) is 13.5. The van der Waals surface area contributed by atoms with Gasteiger partial charge < -0.3 is 30.3 Å². The molecule has 44 valence electrons. The molecule has 0 aliphatic rings. The van der Waals surface area contributed by atoms with Crippen LogP contribution in [0, 0.1) is 0 Å². The first-order valence-electron chi connectivity index (χ1n) is 1.36. The molecule has 7 heavy (non-hydrogen) atoms. The molecule has 0 spiro atoms. The van der Waals surface area contributed by atoms with E-state index in [4.69, 9.17) is 0 Å². The van der Waals surface area contributed by atoms with Crippen molar-refractivity contribution in [2.24, 2.45) is 11.7 Å². The van der Waals surface area contributed by atoms with Crippen molar-refractivity contribution in [1.29, 1.82) is 0 Å². The molecule has 0 aromatic rings. The lowest BCUT2D eigenvalue weighted by Crippen LogP contribution is -2.59. The van der Waals surface area contributed by atoms with Gasteiger partial charge in [-0.15, -0.1) is 0 Å². The Labute approximate surface area is 52.8 Å². The lowest BCUT2D eigenvalue weighted by Gasteiger charge is -1.97. The number of thiocarbonyl (C=S) groups is 1. The molecular weight excluding hydrogens is 132 g/mol. The minimum absolute atomic E-state index is 0.199. The molecule has 0 unspecified atom stereocenters. The number of hydrazine groups is 1. The molecular formula is CH8N4S2. The number of rotatable bonds is 0. The molecule has 0 heterocycles. The number of quaternary nitrogens is 1. The van der Waals surface area contributed by atoms with Crippen LogP contribution in [-0.4, -0.2) is 4.32 Å². The third kappa shape index (κ3) is 24.1. The highest BCUT2D eigenvalue weighted by Gasteiger charge is 1.51. The molecule has 0 fully saturated rings. The Balaban J connectivity index is 0. The Bertz CT molecular complexity index is 45.0. The topological polar surface area (TPSA) is 91.7 Å². The van der Waals surface area contributed by atoms with Crippen LogP contribution >= 0.6 is 12.2 Å². The van der Waals surface area contributed by atoms with Crippen molar-refractivity contribution >= 4 is 29.2 Å². The van der Waals surface area contributed by atoms with Gasteiger partial charge in [-0.25, -0.2) is 0 Å². The second kappa shape index (κ2) is 9.37. The second-order valence-corrected chi connectivity index (χ2v) is 1.51. The second-order valence-electron chi connectivity index (χ2n) is 0.432. The maximum absolute atomic E-state index is 4.68. The van der Waals surface area contributed by atoms with Crippen LogP contribution < -0.4 is 23.0 Å². The van der Waals surface area contributed by atoms with Crippen molar-refractivity contribution in [3.05, 3.63) is 0 Å². The van der Waals surface area contributed by atoms with E-state index in [1.54, 1.807) is 0 Å². The van der Waals surface area contributed by atoms with Gasteiger partial charge in [-0.3, -0.25) is 11.7 Å². The van der Waals surface area contributed by atoms with Gasteiger partial charge in [0.2, 0.25) is 0 Å². The summed E-state index contributed by atoms with van der Waals surface area (Å²) >= 11 is 8.55. The largest absolute Gasteiger partial charge is 0.410 e. The molecule has 0 rings (SSSR count). The zero-order valence-corrected chi connectivity index (χ0v) is 5.31. The van der Waals surface area contributed by atoms with Gasteiger partial charge in [0.05, 0.1) is 0 Å². The lowest BCUT2D eigenvalue weighted by molar-refractivity contribution is -0.379. The number of hydrogen-bond donors (Lipinski definition) is 4. The molecule has 0 saturated carbocycles. The van der Waals surface area contributed by atoms with E-state index < -0.39 is 0 Å². The predicted octanol–water partition coefficient (Wildman–Crippen LogP) is -2.62. The molecule has 0 aliphatic heterocycles. The van der Waals surface area contributed by atoms with Gasteiger partial charge in [-0.05, 0) is 0 Å². The fourth-order valence-electron chi connectivity index (χ4n) is 0. The van der Waals surface area contributed by atoms with E-state index in [0.29, 0.717) is 0 Å². The Hall–Kier alpha value is -0.0100. The third-order valence-electron chi connectivity index (χ3n) is 0.118. The molecule has 8 N–H and O–H groups in total. The Morgan fingerprint density at radius 3 is 1.86 bits per heavy atom. The quantitative estimate of drug-likeness (QED) is 0.128. The summed E-state index contributed by atoms with van der Waals surface area (Å²) in [6, 6.07) is 0. The van der Waals surface area contributed by atoms with E-state index in [2.05, 4.69) is 47.8 Å². The monoisotopic (exact) mass is 140 g/mol. The summed E-state index contributed by atoms with van der Waals surface area (Å²) in [5.74, 6) is 11.7. The first-order chi connectivity index (χ1) is 3.27. The number of nitrogens with one attached hydrogen (secondary N) is 1. The van der Waals surface area contributed by atoms with E-state index in [-0.39, 0.29) is 4.32 Å². The van der Waals surface area contributed by atoms with Crippen molar-refractivity contribution in [3.8, 4) is 0 Å². The average Bonchev–Trinajstić information content (AvgIpc) is 1.73. The predicted molar refractivity (Wildman–Crippen MR) is 34.4 cm³/mol. The fraction of sp³-hybridized carbons (Fsp3) is 0. The van der Waals surface area contributed by atoms with Gasteiger partial charge in [0.25, 0.3) is 0 Å². The van der Waals surface area contributed by atoms with E-state index in [1.807, 2.05) is 0 Å². The van der Waals surface area contributed by atoms with Crippen LogP contribution in [-0.2, 0) is 12.6 Å². The summed E-state index contributed by atoms with van der Waals surface area (Å²) in [5.41, 5.74) is 2.07. The molecule has 6 heteroatoms. The number of nitrogens with two attached hydrogens (primary N) is 2. The molecule has 0 atom stereocenters. The van der Waals surface area contributed by atoms with Gasteiger partial charge in [0.1, 0.15) is 0 Å². The summed E-state index contributed by atoms with van der Waals surface area (Å²) in [7, 11) is 0. The first kappa shape index (κ1) is 10.1. The van der Waals surface area contributed by atoms with E-state index in [1.165, 1.54) is 0 Å². The smallest absolute Gasteiger partial charge is 0.0502 e. The normalized spacial score (nSPS) is 5.57. The Morgan fingerprint density at radius 1 is 1.71 bits per heavy atom. The zero-order chi connectivity index (χ0) is 6.28. The highest BCUT2D eigenvalue weighted by Crippen LogP contribution is 1.51. The van der Waals surface area contributed by atoms with Crippen molar-refractivity contribution in [2.45, 2.75) is 0 Å². The number of hydrogen-bond acceptors (Lipinski definition) is 4. The minimum Gasteiger partial charge on any atom is -0.410 e. The summed E-state index contributed by atoms with van der Waals surface area (Å²) < 4.78 is 0.199. The van der Waals surface area contributed by atoms with Gasteiger partial charge >= 0.3 is 0 Å². The van der Waals surface area contributed by atoms with Crippen LogP contribution in [0.3, 0.4) is 0 Å². The third-order valence-corrected chi connectivity index (χ3v) is 0.354. The van der Waals surface area contributed by atoms with Crippen LogP contribution in [0.15, 0.2) is 0 Å². The van der Waals surface area contributed by atoms with Gasteiger partial charge in [0.15, 0.2) is 0 Å². The van der Waals surface area contributed by atoms with Crippen LogP contribution in [0.5, 0.6) is 0 Å². The Morgan fingerprint density at radius 2 is 1.86 bits per heavy atom. The summed E-state index contributed by atoms with van der Waals surface area (Å²) in [6.07, 6.45) is 0. The standard InChI is InChI=1S/CH4N2S2.H4N2/c2-3-1(4)5;1-2/h2H2,(H2,3,4,5);1-2H2. The SMILES string of the molecule is NNC(=S)[S-].N[NH3+]. The maximum Gasteiger partial charge on any atom is -0.0502 e. The van der Waals surface area contributed by atoms with E-state index in [9.17, 15) is 0 Å². The first-order valence-corrected chi connectivity index (χ1v) is 2.17. The fourth-order valence-corrected chi connectivity index (χ4v) is 0. The molecule has 0 aliphatic carbocycles. The van der Waals surface area contributed by atoms with E-state index >= 15 is 0 Å². The van der Waals surface area contributed by atoms with Crippen molar-refractivity contribution in [3.63, 3.8) is 0 Å². The molecule has 0 bridgehead atoms. The average molecular weight is 140 g/mol. The zero-order valence-electron chi connectivity index (χ0n) is 3.68. The minimum atomic E-state index is 0.199. The van der Waals surface area contributed by atoms with Crippen LogP contribution in [0.25, 0.3) is 0 Å². The van der Waals surface area contributed by atoms with Gasteiger partial charge in [-0.1, -0.05) is 4.32 Å². The highest BCUT2D eigenvalue weighted by molar-refractivity contribution is 8.00. The maximum atomic E-state index is 4.68. The van der Waals surface area contributed by atoms with Gasteiger partial charge in [-0.2, -0.15) is 5.84 Å².